The molecule has 1 aliphatic carbocycles. The lowest BCUT2D eigenvalue weighted by Gasteiger charge is -2.21. The Balaban J connectivity index is 1.83. The Hall–Kier alpha value is -3.40. The maximum absolute atomic E-state index is 12.5. The zero-order valence-corrected chi connectivity index (χ0v) is 12.6. The minimum absolute atomic E-state index is 0.00804. The Labute approximate surface area is 140 Å². The summed E-state index contributed by atoms with van der Waals surface area (Å²) in [7, 11) is 0. The van der Waals surface area contributed by atoms with Crippen LogP contribution in [0.4, 0.5) is 9.59 Å². The van der Waals surface area contributed by atoms with Crippen molar-refractivity contribution in [2.24, 2.45) is 11.5 Å². The molecule has 0 saturated carbocycles. The van der Waals surface area contributed by atoms with Gasteiger partial charge >= 0.3 is 12.2 Å². The SMILES string of the molecule is NC(=O)Oc1ccccc1C(=O)NC1=CC(=O)C2OC2C1OC(N)=O. The summed E-state index contributed by atoms with van der Waals surface area (Å²) < 4.78 is 14.8. The zero-order valence-electron chi connectivity index (χ0n) is 12.6. The van der Waals surface area contributed by atoms with Gasteiger partial charge in [0.1, 0.15) is 11.9 Å². The molecule has 2 aliphatic rings. The Morgan fingerprint density at radius 3 is 2.52 bits per heavy atom. The topological polar surface area (TPSA) is 163 Å². The van der Waals surface area contributed by atoms with E-state index in [9.17, 15) is 19.2 Å². The molecular formula is C15H13N3O7. The van der Waals surface area contributed by atoms with E-state index in [1.165, 1.54) is 12.1 Å². The third-order valence-electron chi connectivity index (χ3n) is 3.55. The van der Waals surface area contributed by atoms with Gasteiger partial charge in [0.25, 0.3) is 5.91 Å². The second-order valence-electron chi connectivity index (χ2n) is 5.25. The molecule has 1 saturated heterocycles. The van der Waals surface area contributed by atoms with Crippen molar-refractivity contribution in [3.8, 4) is 5.75 Å². The van der Waals surface area contributed by atoms with Crippen molar-refractivity contribution in [2.45, 2.75) is 18.3 Å². The second-order valence-corrected chi connectivity index (χ2v) is 5.25. The number of benzene rings is 1. The molecule has 25 heavy (non-hydrogen) atoms. The van der Waals surface area contributed by atoms with Crippen LogP contribution in [0.15, 0.2) is 36.0 Å². The van der Waals surface area contributed by atoms with E-state index < -0.39 is 36.4 Å². The number of ketones is 1. The Bertz CT molecular complexity index is 804. The summed E-state index contributed by atoms with van der Waals surface area (Å²) in [5, 5.41) is 2.45. The molecule has 0 aromatic heterocycles. The molecule has 0 bridgehead atoms. The van der Waals surface area contributed by atoms with E-state index in [1.807, 2.05) is 0 Å². The van der Waals surface area contributed by atoms with Crippen LogP contribution in [-0.2, 0) is 14.3 Å². The number of amides is 3. The van der Waals surface area contributed by atoms with Crippen LogP contribution in [0.5, 0.6) is 5.75 Å². The monoisotopic (exact) mass is 347 g/mol. The first-order valence-corrected chi connectivity index (χ1v) is 7.11. The van der Waals surface area contributed by atoms with Crippen LogP contribution in [0.25, 0.3) is 0 Å². The molecule has 0 radical (unpaired) electrons. The van der Waals surface area contributed by atoms with E-state index in [1.54, 1.807) is 12.1 Å². The third kappa shape index (κ3) is 3.43. The summed E-state index contributed by atoms with van der Waals surface area (Å²) >= 11 is 0. The number of nitrogens with one attached hydrogen (secondary N) is 1. The first kappa shape index (κ1) is 16.5. The van der Waals surface area contributed by atoms with Crippen LogP contribution in [0, 0.1) is 0 Å². The summed E-state index contributed by atoms with van der Waals surface area (Å²) in [6, 6.07) is 5.84. The normalized spacial score (nSPS) is 23.8. The molecule has 130 valence electrons. The molecule has 1 aromatic carbocycles. The quantitative estimate of drug-likeness (QED) is 0.622. The van der Waals surface area contributed by atoms with Crippen LogP contribution < -0.4 is 21.5 Å². The average molecular weight is 347 g/mol. The van der Waals surface area contributed by atoms with E-state index in [-0.39, 0.29) is 22.8 Å². The van der Waals surface area contributed by atoms with Gasteiger partial charge in [-0.15, -0.1) is 0 Å². The lowest BCUT2D eigenvalue weighted by Crippen LogP contribution is -2.41. The molecule has 3 amide bonds. The van der Waals surface area contributed by atoms with Gasteiger partial charge in [0.2, 0.25) is 0 Å². The van der Waals surface area contributed by atoms with Gasteiger partial charge in [0.05, 0.1) is 11.3 Å². The largest absolute Gasteiger partial charge is 0.437 e. The summed E-state index contributed by atoms with van der Waals surface area (Å²) in [6.45, 7) is 0. The second kappa shape index (κ2) is 6.24. The van der Waals surface area contributed by atoms with E-state index in [0.29, 0.717) is 0 Å². The number of hydrogen-bond acceptors (Lipinski definition) is 7. The third-order valence-corrected chi connectivity index (χ3v) is 3.55. The number of primary amides is 2. The molecule has 0 spiro atoms. The Morgan fingerprint density at radius 2 is 1.84 bits per heavy atom. The summed E-state index contributed by atoms with van der Waals surface area (Å²) in [5.74, 6) is -1.14. The van der Waals surface area contributed by atoms with Crippen LogP contribution in [0.2, 0.25) is 0 Å². The standard InChI is InChI=1S/C15H13N3O7/c16-14(21)23-9-4-2-1-3-6(9)13(20)18-7-5-8(19)11-12(24-11)10(7)25-15(17)22/h1-5,10-12H,(H2,16,21)(H2,17,22)(H,18,20). The minimum atomic E-state index is -1.09. The number of rotatable bonds is 4. The molecule has 10 nitrogen and oxygen atoms in total. The first-order chi connectivity index (χ1) is 11.9. The Kier molecular flexibility index (Phi) is 4.11. The predicted octanol–water partition coefficient (Wildman–Crippen LogP) is -0.428. The average Bonchev–Trinajstić information content (AvgIpc) is 3.32. The molecular weight excluding hydrogens is 334 g/mol. The van der Waals surface area contributed by atoms with E-state index in [0.717, 1.165) is 6.08 Å². The zero-order chi connectivity index (χ0) is 18.1. The van der Waals surface area contributed by atoms with Crippen LogP contribution >= 0.6 is 0 Å². The van der Waals surface area contributed by atoms with Crippen molar-refractivity contribution < 1.29 is 33.4 Å². The van der Waals surface area contributed by atoms with Crippen molar-refractivity contribution in [1.82, 2.24) is 5.32 Å². The maximum Gasteiger partial charge on any atom is 0.409 e. The van der Waals surface area contributed by atoms with Gasteiger partial charge in [-0.3, -0.25) is 9.59 Å². The molecule has 5 N–H and O–H groups in total. The molecule has 1 heterocycles. The van der Waals surface area contributed by atoms with Crippen LogP contribution in [0.1, 0.15) is 10.4 Å². The highest BCUT2D eigenvalue weighted by atomic mass is 16.6. The molecule has 3 unspecified atom stereocenters. The number of carbonyl (C=O) groups excluding carboxylic acids is 4. The van der Waals surface area contributed by atoms with Crippen LogP contribution in [-0.4, -0.2) is 42.2 Å². The molecule has 3 rings (SSSR count). The van der Waals surface area contributed by atoms with Gasteiger partial charge in [-0.05, 0) is 12.1 Å². The molecule has 1 aliphatic heterocycles. The van der Waals surface area contributed by atoms with Crippen molar-refractivity contribution in [2.75, 3.05) is 0 Å². The number of epoxide rings is 1. The Morgan fingerprint density at radius 1 is 1.12 bits per heavy atom. The lowest BCUT2D eigenvalue weighted by atomic mass is 10.00. The van der Waals surface area contributed by atoms with E-state index in [2.05, 4.69) is 5.32 Å². The maximum atomic E-state index is 12.5. The fourth-order valence-electron chi connectivity index (χ4n) is 2.49. The van der Waals surface area contributed by atoms with Gasteiger partial charge in [-0.2, -0.15) is 0 Å². The van der Waals surface area contributed by atoms with Crippen molar-refractivity contribution in [1.29, 1.82) is 0 Å². The van der Waals surface area contributed by atoms with Crippen molar-refractivity contribution in [3.05, 3.63) is 41.6 Å². The number of nitrogens with two attached hydrogens (primary N) is 2. The summed E-state index contributed by atoms with van der Waals surface area (Å²) in [5.41, 5.74) is 9.98. The molecule has 10 heteroatoms. The number of fused-ring (bicyclic) bond motifs is 1. The van der Waals surface area contributed by atoms with Crippen molar-refractivity contribution in [3.63, 3.8) is 0 Å². The fourth-order valence-corrected chi connectivity index (χ4v) is 2.49. The highest BCUT2D eigenvalue weighted by molar-refractivity contribution is 6.02. The lowest BCUT2D eigenvalue weighted by molar-refractivity contribution is -0.116. The highest BCUT2D eigenvalue weighted by Gasteiger charge is 2.55. The summed E-state index contributed by atoms with van der Waals surface area (Å²) in [4.78, 5) is 46.2. The van der Waals surface area contributed by atoms with Gasteiger partial charge in [0.15, 0.2) is 18.0 Å². The number of carbonyl (C=O) groups is 4. The fraction of sp³-hybridized carbons (Fsp3) is 0.200. The number of hydrogen-bond donors (Lipinski definition) is 3. The first-order valence-electron chi connectivity index (χ1n) is 7.11. The predicted molar refractivity (Wildman–Crippen MR) is 80.3 cm³/mol. The minimum Gasteiger partial charge on any atom is -0.437 e. The molecule has 1 fully saturated rings. The van der Waals surface area contributed by atoms with Gasteiger partial charge in [0, 0.05) is 6.08 Å². The van der Waals surface area contributed by atoms with Crippen LogP contribution in [0.3, 0.4) is 0 Å². The smallest absolute Gasteiger partial charge is 0.409 e. The number of ether oxygens (including phenoxy) is 3. The van der Waals surface area contributed by atoms with Crippen molar-refractivity contribution >= 4 is 23.9 Å². The highest BCUT2D eigenvalue weighted by Crippen LogP contribution is 2.35. The summed E-state index contributed by atoms with van der Waals surface area (Å²) in [6.07, 6.45) is -3.49. The van der Waals surface area contributed by atoms with Gasteiger partial charge in [-0.1, -0.05) is 12.1 Å². The number of para-hydroxylation sites is 1. The van der Waals surface area contributed by atoms with Gasteiger partial charge in [-0.25, -0.2) is 9.59 Å². The van der Waals surface area contributed by atoms with E-state index in [4.69, 9.17) is 25.7 Å². The van der Waals surface area contributed by atoms with Gasteiger partial charge < -0.3 is 31.0 Å². The molecule has 1 aromatic rings. The molecule has 3 atom stereocenters. The van der Waals surface area contributed by atoms with E-state index >= 15 is 0 Å².